The van der Waals surface area contributed by atoms with Crippen molar-refractivity contribution in [3.05, 3.63) is 36.0 Å². The predicted molar refractivity (Wildman–Crippen MR) is 73.7 cm³/mol. The molecule has 0 aliphatic heterocycles. The summed E-state index contributed by atoms with van der Waals surface area (Å²) in [6.45, 7) is 3.37. The zero-order valence-electron chi connectivity index (χ0n) is 11.5. The lowest BCUT2D eigenvalue weighted by molar-refractivity contribution is -0.137. The van der Waals surface area contributed by atoms with Gasteiger partial charge in [0.1, 0.15) is 5.75 Å². The molecule has 0 saturated heterocycles. The molecule has 6 nitrogen and oxygen atoms in total. The molecule has 1 aromatic rings. The Balaban J connectivity index is 2.86. The van der Waals surface area contributed by atoms with Crippen molar-refractivity contribution in [1.82, 2.24) is 4.72 Å². The number of benzene rings is 1. The summed E-state index contributed by atoms with van der Waals surface area (Å²) in [7, 11) is -2.23. The highest BCUT2D eigenvalue weighted by molar-refractivity contribution is 7.89. The summed E-state index contributed by atoms with van der Waals surface area (Å²) in [5.41, 5.74) is 0.180. The van der Waals surface area contributed by atoms with Crippen LogP contribution in [0.15, 0.2) is 40.9 Å². The summed E-state index contributed by atoms with van der Waals surface area (Å²) in [6, 6.07) is 5.91. The molecule has 1 rings (SSSR count). The average molecular weight is 299 g/mol. The van der Waals surface area contributed by atoms with E-state index >= 15 is 0 Å². The van der Waals surface area contributed by atoms with Gasteiger partial charge in [0.05, 0.1) is 18.6 Å². The fourth-order valence-electron chi connectivity index (χ4n) is 1.42. The van der Waals surface area contributed by atoms with Crippen LogP contribution < -0.4 is 9.46 Å². The Labute approximate surface area is 118 Å². The molecule has 0 radical (unpaired) electrons. The molecule has 0 amide bonds. The molecule has 1 N–H and O–H groups in total. The van der Waals surface area contributed by atoms with Gasteiger partial charge in [-0.1, -0.05) is 0 Å². The van der Waals surface area contributed by atoms with E-state index in [1.54, 1.807) is 19.1 Å². The van der Waals surface area contributed by atoms with Gasteiger partial charge in [-0.3, -0.25) is 4.72 Å². The van der Waals surface area contributed by atoms with E-state index in [4.69, 9.17) is 9.47 Å². The lowest BCUT2D eigenvalue weighted by atomic mass is 10.3. The van der Waals surface area contributed by atoms with E-state index < -0.39 is 16.0 Å². The first-order chi connectivity index (χ1) is 9.39. The van der Waals surface area contributed by atoms with Crippen LogP contribution in [0.1, 0.15) is 13.8 Å². The lowest BCUT2D eigenvalue weighted by Gasteiger charge is -2.08. The van der Waals surface area contributed by atoms with Crippen molar-refractivity contribution in [2.45, 2.75) is 18.7 Å². The van der Waals surface area contributed by atoms with Crippen molar-refractivity contribution in [2.75, 3.05) is 13.7 Å². The summed E-state index contributed by atoms with van der Waals surface area (Å²) < 4.78 is 36.0. The zero-order valence-corrected chi connectivity index (χ0v) is 12.4. The van der Waals surface area contributed by atoms with Gasteiger partial charge in [0, 0.05) is 11.8 Å². The van der Waals surface area contributed by atoms with Gasteiger partial charge in [0.25, 0.3) is 10.0 Å². The summed E-state index contributed by atoms with van der Waals surface area (Å²) in [5.74, 6) is -0.0369. The first-order valence-corrected chi connectivity index (χ1v) is 7.39. The number of carbonyl (C=O) groups excluding carboxylic acids is 1. The summed E-state index contributed by atoms with van der Waals surface area (Å²) in [5, 5.41) is 0. The van der Waals surface area contributed by atoms with Gasteiger partial charge >= 0.3 is 5.97 Å². The molecule has 0 fully saturated rings. The molecule has 0 aliphatic rings. The second-order valence-corrected chi connectivity index (χ2v) is 5.54. The molecule has 0 heterocycles. The van der Waals surface area contributed by atoms with Crippen molar-refractivity contribution >= 4 is 16.0 Å². The number of allylic oxidation sites excluding steroid dienone is 1. The third-order valence-electron chi connectivity index (χ3n) is 2.29. The van der Waals surface area contributed by atoms with Crippen molar-refractivity contribution < 1.29 is 22.7 Å². The van der Waals surface area contributed by atoms with E-state index in [9.17, 15) is 13.2 Å². The monoisotopic (exact) mass is 299 g/mol. The van der Waals surface area contributed by atoms with Crippen LogP contribution in [0.3, 0.4) is 0 Å². The van der Waals surface area contributed by atoms with Gasteiger partial charge in [0.15, 0.2) is 0 Å². The summed E-state index contributed by atoms with van der Waals surface area (Å²) in [6.07, 6.45) is 1.09. The minimum atomic E-state index is -3.73. The molecule has 110 valence electrons. The predicted octanol–water partition coefficient (Wildman–Crippen LogP) is 1.44. The maximum atomic E-state index is 12.0. The number of methoxy groups -OCH3 is 1. The standard InChI is InChI=1S/C13H17NO5S/c1-4-19-13(15)9-10(2)14-20(16,17)12-7-5-11(18-3)6-8-12/h5-9,14H,4H2,1-3H3. The Morgan fingerprint density at radius 2 is 1.90 bits per heavy atom. The van der Waals surface area contributed by atoms with Crippen LogP contribution in [0.4, 0.5) is 0 Å². The molecule has 7 heteroatoms. The highest BCUT2D eigenvalue weighted by Gasteiger charge is 2.14. The van der Waals surface area contributed by atoms with Gasteiger partial charge in [-0.2, -0.15) is 0 Å². The highest BCUT2D eigenvalue weighted by Crippen LogP contribution is 2.15. The van der Waals surface area contributed by atoms with E-state index in [0.29, 0.717) is 5.75 Å². The number of hydrogen-bond donors (Lipinski definition) is 1. The molecular weight excluding hydrogens is 282 g/mol. The fraction of sp³-hybridized carbons (Fsp3) is 0.308. The number of rotatable bonds is 6. The largest absolute Gasteiger partial charge is 0.497 e. The van der Waals surface area contributed by atoms with E-state index in [1.165, 1.54) is 26.2 Å². The van der Waals surface area contributed by atoms with Gasteiger partial charge in [-0.25, -0.2) is 13.2 Å². The SMILES string of the molecule is CCOC(=O)C=C(C)NS(=O)(=O)c1ccc(OC)cc1. The molecule has 20 heavy (non-hydrogen) atoms. The van der Waals surface area contributed by atoms with Crippen LogP contribution in [-0.4, -0.2) is 28.1 Å². The molecule has 0 aromatic heterocycles. The second kappa shape index (κ2) is 6.95. The molecule has 0 atom stereocenters. The number of carbonyl (C=O) groups is 1. The number of nitrogens with one attached hydrogen (secondary N) is 1. The molecule has 0 unspecified atom stereocenters. The Kier molecular flexibility index (Phi) is 5.57. The Bertz CT molecular complexity index is 590. The van der Waals surface area contributed by atoms with Crippen LogP contribution in [-0.2, 0) is 19.6 Å². The lowest BCUT2D eigenvalue weighted by Crippen LogP contribution is -2.22. The van der Waals surface area contributed by atoms with E-state index in [1.807, 2.05) is 0 Å². The maximum absolute atomic E-state index is 12.0. The molecule has 0 bridgehead atoms. The third kappa shape index (κ3) is 4.58. The van der Waals surface area contributed by atoms with Gasteiger partial charge in [-0.05, 0) is 38.1 Å². The Morgan fingerprint density at radius 3 is 2.40 bits per heavy atom. The summed E-state index contributed by atoms with van der Waals surface area (Å²) >= 11 is 0. The van der Waals surface area contributed by atoms with Crippen LogP contribution in [0.25, 0.3) is 0 Å². The number of ether oxygens (including phenoxy) is 2. The third-order valence-corrected chi connectivity index (χ3v) is 3.77. The second-order valence-electron chi connectivity index (χ2n) is 3.86. The van der Waals surface area contributed by atoms with Crippen LogP contribution in [0.5, 0.6) is 5.75 Å². The first kappa shape index (κ1) is 16.0. The first-order valence-electron chi connectivity index (χ1n) is 5.91. The van der Waals surface area contributed by atoms with Crippen molar-refractivity contribution in [3.63, 3.8) is 0 Å². The Hall–Kier alpha value is -2.02. The molecule has 1 aromatic carbocycles. The summed E-state index contributed by atoms with van der Waals surface area (Å²) in [4.78, 5) is 11.3. The van der Waals surface area contributed by atoms with E-state index in [-0.39, 0.29) is 17.2 Å². The fourth-order valence-corrected chi connectivity index (χ4v) is 2.51. The van der Waals surface area contributed by atoms with Crippen molar-refractivity contribution in [1.29, 1.82) is 0 Å². The van der Waals surface area contributed by atoms with Gasteiger partial charge < -0.3 is 9.47 Å². The van der Waals surface area contributed by atoms with Gasteiger partial charge in [-0.15, -0.1) is 0 Å². The number of sulfonamides is 1. The van der Waals surface area contributed by atoms with Crippen LogP contribution >= 0.6 is 0 Å². The van der Waals surface area contributed by atoms with Crippen molar-refractivity contribution in [3.8, 4) is 5.75 Å². The average Bonchev–Trinajstić information content (AvgIpc) is 2.38. The zero-order chi connectivity index (χ0) is 15.2. The maximum Gasteiger partial charge on any atom is 0.332 e. The minimum Gasteiger partial charge on any atom is -0.497 e. The molecule has 0 spiro atoms. The Morgan fingerprint density at radius 1 is 1.30 bits per heavy atom. The molecule has 0 aliphatic carbocycles. The number of hydrogen-bond acceptors (Lipinski definition) is 5. The molecule has 0 saturated carbocycles. The van der Waals surface area contributed by atoms with Crippen LogP contribution in [0, 0.1) is 0 Å². The number of esters is 1. The molecular formula is C13H17NO5S. The van der Waals surface area contributed by atoms with Crippen molar-refractivity contribution in [2.24, 2.45) is 0 Å². The van der Waals surface area contributed by atoms with E-state index in [2.05, 4.69) is 4.72 Å². The van der Waals surface area contributed by atoms with Crippen LogP contribution in [0.2, 0.25) is 0 Å². The quantitative estimate of drug-likeness (QED) is 0.635. The topological polar surface area (TPSA) is 81.7 Å². The normalized spacial score (nSPS) is 11.8. The highest BCUT2D eigenvalue weighted by atomic mass is 32.2. The van der Waals surface area contributed by atoms with Gasteiger partial charge in [0.2, 0.25) is 0 Å². The smallest absolute Gasteiger partial charge is 0.332 e. The van der Waals surface area contributed by atoms with E-state index in [0.717, 1.165) is 6.08 Å². The minimum absolute atomic E-state index is 0.0786.